The molecule has 6 heteroatoms. The van der Waals surface area contributed by atoms with Crippen molar-refractivity contribution in [1.29, 1.82) is 0 Å². The highest BCUT2D eigenvalue weighted by atomic mass is 32.2. The summed E-state index contributed by atoms with van der Waals surface area (Å²) >= 11 is 1.52. The Balaban J connectivity index is 3.79. The topological polar surface area (TPSA) is 99.1 Å². The van der Waals surface area contributed by atoms with Gasteiger partial charge in [-0.15, -0.1) is 0 Å². The number of nitrogens with zero attached hydrogens (tertiary/aromatic N) is 1. The maximum Gasteiger partial charge on any atom is 0.140 e. The van der Waals surface area contributed by atoms with Crippen LogP contribution in [0.5, 0.6) is 0 Å². The molecule has 0 aromatic heterocycles. The highest BCUT2D eigenvalue weighted by Gasteiger charge is 2.12. The van der Waals surface area contributed by atoms with Crippen molar-refractivity contribution in [2.24, 2.45) is 10.9 Å². The van der Waals surface area contributed by atoms with Crippen molar-refractivity contribution in [3.63, 3.8) is 0 Å². The summed E-state index contributed by atoms with van der Waals surface area (Å²) in [6.45, 7) is 1.76. The normalized spacial score (nSPS) is 16.6. The third kappa shape index (κ3) is 6.06. The Bertz CT molecular complexity index is 178. The molecule has 5 N–H and O–H groups in total. The Morgan fingerprint density at radius 3 is 2.64 bits per heavy atom. The number of nitrogens with two attached hydrogens (primary N) is 1. The van der Waals surface area contributed by atoms with Crippen molar-refractivity contribution < 1.29 is 15.4 Å². The Morgan fingerprint density at radius 2 is 2.21 bits per heavy atom. The number of thioether (sulfide) groups is 1. The predicted octanol–water partition coefficient (Wildman–Crippen LogP) is -0.0121. The van der Waals surface area contributed by atoms with E-state index in [9.17, 15) is 0 Å². The molecule has 0 rings (SSSR count). The van der Waals surface area contributed by atoms with Gasteiger partial charge in [-0.1, -0.05) is 12.1 Å². The second-order valence-corrected chi connectivity index (χ2v) is 4.33. The molecule has 5 nitrogen and oxygen atoms in total. The fourth-order valence-corrected chi connectivity index (χ4v) is 2.02. The Labute approximate surface area is 88.0 Å². The van der Waals surface area contributed by atoms with Gasteiger partial charge in [-0.25, -0.2) is 0 Å². The van der Waals surface area contributed by atoms with Crippen LogP contribution >= 0.6 is 11.8 Å². The lowest BCUT2D eigenvalue weighted by Gasteiger charge is -2.15. The van der Waals surface area contributed by atoms with Crippen LogP contribution in [-0.4, -0.2) is 45.0 Å². The van der Waals surface area contributed by atoms with Gasteiger partial charge in [-0.2, -0.15) is 11.8 Å². The molecule has 0 spiro atoms. The molecule has 14 heavy (non-hydrogen) atoms. The summed E-state index contributed by atoms with van der Waals surface area (Å²) in [6.07, 6.45) is 0.677. The first-order valence-corrected chi connectivity index (χ1v) is 5.55. The smallest absolute Gasteiger partial charge is 0.140 e. The molecule has 0 aliphatic carbocycles. The van der Waals surface area contributed by atoms with Gasteiger partial charge >= 0.3 is 0 Å². The van der Waals surface area contributed by atoms with Gasteiger partial charge in [0.15, 0.2) is 0 Å². The molecule has 0 saturated heterocycles. The summed E-state index contributed by atoms with van der Waals surface area (Å²) in [6, 6.07) is 0. The van der Waals surface area contributed by atoms with Crippen molar-refractivity contribution in [3.8, 4) is 0 Å². The number of aliphatic hydroxyl groups is 2. The maximum absolute atomic E-state index is 9.11. The van der Waals surface area contributed by atoms with Crippen molar-refractivity contribution in [3.05, 3.63) is 0 Å². The van der Waals surface area contributed by atoms with Gasteiger partial charge in [-0.05, 0) is 6.42 Å². The SMILES string of the molecule is CCC(CC(N)=NO)SCC(O)CO. The number of rotatable bonds is 7. The zero-order chi connectivity index (χ0) is 11.0. The summed E-state index contributed by atoms with van der Waals surface area (Å²) < 4.78 is 0. The van der Waals surface area contributed by atoms with E-state index in [4.69, 9.17) is 21.2 Å². The highest BCUT2D eigenvalue weighted by molar-refractivity contribution is 7.99. The van der Waals surface area contributed by atoms with Gasteiger partial charge < -0.3 is 21.2 Å². The van der Waals surface area contributed by atoms with Gasteiger partial charge in [0.1, 0.15) is 5.84 Å². The monoisotopic (exact) mass is 222 g/mol. The van der Waals surface area contributed by atoms with Crippen molar-refractivity contribution in [1.82, 2.24) is 0 Å². The van der Waals surface area contributed by atoms with E-state index in [-0.39, 0.29) is 17.7 Å². The van der Waals surface area contributed by atoms with E-state index >= 15 is 0 Å². The van der Waals surface area contributed by atoms with E-state index in [1.54, 1.807) is 0 Å². The van der Waals surface area contributed by atoms with E-state index < -0.39 is 6.10 Å². The number of hydrogen-bond acceptors (Lipinski definition) is 5. The van der Waals surface area contributed by atoms with Crippen LogP contribution in [0.25, 0.3) is 0 Å². The molecule has 0 amide bonds. The standard InChI is InChI=1S/C8H18N2O3S/c1-2-7(3-8(9)10-13)14-5-6(12)4-11/h6-7,11-13H,2-5H2,1H3,(H2,9,10). The molecule has 0 aromatic carbocycles. The lowest BCUT2D eigenvalue weighted by molar-refractivity contribution is 0.113. The van der Waals surface area contributed by atoms with Crippen LogP contribution in [-0.2, 0) is 0 Å². The molecule has 0 radical (unpaired) electrons. The minimum atomic E-state index is -0.693. The lowest BCUT2D eigenvalue weighted by atomic mass is 10.2. The minimum absolute atomic E-state index is 0.197. The van der Waals surface area contributed by atoms with E-state index in [0.29, 0.717) is 12.2 Å². The van der Waals surface area contributed by atoms with Crippen LogP contribution in [0.1, 0.15) is 19.8 Å². The maximum atomic E-state index is 9.11. The Hall–Kier alpha value is -0.460. The summed E-state index contributed by atoms with van der Waals surface area (Å²) in [7, 11) is 0. The van der Waals surface area contributed by atoms with Crippen molar-refractivity contribution >= 4 is 17.6 Å². The van der Waals surface area contributed by atoms with Crippen LogP contribution in [0.2, 0.25) is 0 Å². The summed E-state index contributed by atoms with van der Waals surface area (Å²) in [5, 5.41) is 29.2. The van der Waals surface area contributed by atoms with Gasteiger partial charge in [-0.3, -0.25) is 0 Å². The molecule has 0 aliphatic heterocycles. The first-order chi connectivity index (χ1) is 6.63. The van der Waals surface area contributed by atoms with Crippen molar-refractivity contribution in [2.45, 2.75) is 31.1 Å². The van der Waals surface area contributed by atoms with E-state index in [0.717, 1.165) is 6.42 Å². The van der Waals surface area contributed by atoms with Gasteiger partial charge in [0.25, 0.3) is 0 Å². The lowest BCUT2D eigenvalue weighted by Crippen LogP contribution is -2.21. The molecule has 0 aliphatic rings. The number of aliphatic hydroxyl groups excluding tert-OH is 2. The summed E-state index contributed by atoms with van der Waals surface area (Å²) in [5.74, 6) is 0.663. The third-order valence-corrected chi connectivity index (χ3v) is 3.30. The van der Waals surface area contributed by atoms with Gasteiger partial charge in [0.2, 0.25) is 0 Å². The molecule has 84 valence electrons. The molecule has 2 unspecified atom stereocenters. The average molecular weight is 222 g/mol. The van der Waals surface area contributed by atoms with Crippen LogP contribution in [0, 0.1) is 0 Å². The summed E-state index contributed by atoms with van der Waals surface area (Å²) in [4.78, 5) is 0. The fourth-order valence-electron chi connectivity index (χ4n) is 0.895. The second-order valence-electron chi connectivity index (χ2n) is 3.00. The third-order valence-electron chi connectivity index (χ3n) is 1.76. The van der Waals surface area contributed by atoms with E-state index in [1.165, 1.54) is 11.8 Å². The second kappa shape index (κ2) is 7.90. The van der Waals surface area contributed by atoms with Crippen molar-refractivity contribution in [2.75, 3.05) is 12.4 Å². The van der Waals surface area contributed by atoms with Crippen LogP contribution < -0.4 is 5.73 Å². The molecular weight excluding hydrogens is 204 g/mol. The highest BCUT2D eigenvalue weighted by Crippen LogP contribution is 2.18. The molecule has 0 aromatic rings. The van der Waals surface area contributed by atoms with E-state index in [2.05, 4.69) is 5.16 Å². The first kappa shape index (κ1) is 13.5. The number of hydrogen-bond donors (Lipinski definition) is 4. The number of amidine groups is 1. The van der Waals surface area contributed by atoms with Crippen LogP contribution in [0.4, 0.5) is 0 Å². The Morgan fingerprint density at radius 1 is 1.57 bits per heavy atom. The molecule has 0 bridgehead atoms. The zero-order valence-corrected chi connectivity index (χ0v) is 9.07. The molecule has 0 heterocycles. The largest absolute Gasteiger partial charge is 0.409 e. The molecular formula is C8H18N2O3S. The molecule has 2 atom stereocenters. The molecule has 0 fully saturated rings. The fraction of sp³-hybridized carbons (Fsp3) is 0.875. The van der Waals surface area contributed by atoms with Crippen LogP contribution in [0.15, 0.2) is 5.16 Å². The average Bonchev–Trinajstić information content (AvgIpc) is 2.22. The molecule has 0 saturated carbocycles. The van der Waals surface area contributed by atoms with Gasteiger partial charge in [0.05, 0.1) is 12.7 Å². The number of oxime groups is 1. The quantitative estimate of drug-likeness (QED) is 0.210. The predicted molar refractivity (Wildman–Crippen MR) is 57.7 cm³/mol. The minimum Gasteiger partial charge on any atom is -0.409 e. The van der Waals surface area contributed by atoms with Crippen LogP contribution in [0.3, 0.4) is 0 Å². The van der Waals surface area contributed by atoms with Gasteiger partial charge in [0, 0.05) is 17.4 Å². The Kier molecular flexibility index (Phi) is 7.64. The first-order valence-electron chi connectivity index (χ1n) is 4.50. The zero-order valence-electron chi connectivity index (χ0n) is 8.26. The summed E-state index contributed by atoms with van der Waals surface area (Å²) in [5.41, 5.74) is 5.36. The van der Waals surface area contributed by atoms with E-state index in [1.807, 2.05) is 6.92 Å².